The zero-order valence-electron chi connectivity index (χ0n) is 11.4. The molecule has 0 unspecified atom stereocenters. The van der Waals surface area contributed by atoms with Gasteiger partial charge in [-0.05, 0) is 32.6 Å². The van der Waals surface area contributed by atoms with Gasteiger partial charge in [0, 0.05) is 25.0 Å². The fourth-order valence-electron chi connectivity index (χ4n) is 2.56. The number of likely N-dealkylation sites (tertiary alicyclic amines) is 1. The molecule has 0 spiro atoms. The van der Waals surface area contributed by atoms with E-state index in [4.69, 9.17) is 4.74 Å². The molecule has 2 aliphatic rings. The summed E-state index contributed by atoms with van der Waals surface area (Å²) in [5.74, 6) is 0.786. The molecule has 0 amide bonds. The average Bonchev–Trinajstić information content (AvgIpc) is 3.11. The molecule has 0 N–H and O–H groups in total. The molecule has 1 aliphatic heterocycles. The van der Waals surface area contributed by atoms with Gasteiger partial charge in [0.25, 0.3) is 0 Å². The minimum absolute atomic E-state index is 0.309. The molecule has 0 aromatic heterocycles. The van der Waals surface area contributed by atoms with E-state index in [1.54, 1.807) is 0 Å². The second-order valence-corrected chi connectivity index (χ2v) is 6.01. The number of piperidine rings is 1. The van der Waals surface area contributed by atoms with Crippen LogP contribution in [0.1, 0.15) is 32.6 Å². The van der Waals surface area contributed by atoms with Gasteiger partial charge in [-0.1, -0.05) is 19.2 Å². The zero-order chi connectivity index (χ0) is 13.2. The van der Waals surface area contributed by atoms with E-state index in [-0.39, 0.29) is 0 Å². The van der Waals surface area contributed by atoms with Gasteiger partial charge in [-0.2, -0.15) is 0 Å². The van der Waals surface area contributed by atoms with Crippen molar-refractivity contribution in [3.05, 3.63) is 25.0 Å². The Hall–Kier alpha value is -0.830. The maximum absolute atomic E-state index is 14.0. The lowest BCUT2D eigenvalue weighted by atomic mass is 9.92. The summed E-state index contributed by atoms with van der Waals surface area (Å²) in [5.41, 5.74) is -0.829. The molecule has 2 fully saturated rings. The molecule has 3 heteroatoms. The number of halogens is 1. The van der Waals surface area contributed by atoms with E-state index in [0.29, 0.717) is 18.3 Å². The summed E-state index contributed by atoms with van der Waals surface area (Å²) in [6.45, 7) is 12.7. The summed E-state index contributed by atoms with van der Waals surface area (Å²) >= 11 is 0. The minimum Gasteiger partial charge on any atom is -0.498 e. The van der Waals surface area contributed by atoms with E-state index in [9.17, 15) is 4.39 Å². The van der Waals surface area contributed by atoms with Gasteiger partial charge in [-0.25, -0.2) is 4.39 Å². The van der Waals surface area contributed by atoms with Crippen molar-refractivity contribution in [3.63, 3.8) is 0 Å². The topological polar surface area (TPSA) is 12.5 Å². The Balaban J connectivity index is 1.78. The predicted molar refractivity (Wildman–Crippen MR) is 72.1 cm³/mol. The summed E-state index contributed by atoms with van der Waals surface area (Å²) in [6.07, 6.45) is 5.07. The Morgan fingerprint density at radius 1 is 1.33 bits per heavy atom. The van der Waals surface area contributed by atoms with E-state index in [0.717, 1.165) is 32.0 Å². The van der Waals surface area contributed by atoms with Crippen molar-refractivity contribution < 1.29 is 9.13 Å². The van der Waals surface area contributed by atoms with Gasteiger partial charge in [-0.15, -0.1) is 0 Å². The van der Waals surface area contributed by atoms with Crippen LogP contribution in [-0.4, -0.2) is 36.8 Å². The van der Waals surface area contributed by atoms with Crippen LogP contribution in [0, 0.1) is 5.41 Å². The minimum atomic E-state index is -1.14. The van der Waals surface area contributed by atoms with E-state index < -0.39 is 5.67 Å². The number of nitrogens with zero attached hydrogens (tertiary/aromatic N) is 1. The normalized spacial score (nSPS) is 25.4. The first-order valence-electron chi connectivity index (χ1n) is 6.80. The smallest absolute Gasteiger partial charge is 0.131 e. The van der Waals surface area contributed by atoms with Gasteiger partial charge in [-0.3, -0.25) is 0 Å². The SMILES string of the molecule is C=CC1(F)CCN(CC2(COC(=C)C)CC2)CC1. The lowest BCUT2D eigenvalue weighted by molar-refractivity contribution is 0.0644. The quantitative estimate of drug-likeness (QED) is 0.532. The molecule has 1 saturated heterocycles. The van der Waals surface area contributed by atoms with E-state index >= 15 is 0 Å². The average molecular weight is 253 g/mol. The molecule has 1 saturated carbocycles. The van der Waals surface area contributed by atoms with Gasteiger partial charge in [0.1, 0.15) is 5.67 Å². The molecular formula is C15H24FNO. The Bertz CT molecular complexity index is 327. The van der Waals surface area contributed by atoms with Crippen molar-refractivity contribution in [3.8, 4) is 0 Å². The third-order valence-corrected chi connectivity index (χ3v) is 4.19. The number of alkyl halides is 1. The van der Waals surface area contributed by atoms with Gasteiger partial charge in [0.05, 0.1) is 12.4 Å². The summed E-state index contributed by atoms with van der Waals surface area (Å²) in [5, 5.41) is 0. The first-order valence-corrected chi connectivity index (χ1v) is 6.80. The van der Waals surface area contributed by atoms with Gasteiger partial charge < -0.3 is 9.64 Å². The second kappa shape index (κ2) is 5.04. The molecular weight excluding hydrogens is 229 g/mol. The number of ether oxygens (including phenoxy) is 1. The standard InChI is InChI=1S/C15H24FNO/c1-4-15(16)7-9-17(10-8-15)11-14(5-6-14)12-18-13(2)3/h4H,1-2,5-12H2,3H3. The zero-order valence-corrected chi connectivity index (χ0v) is 11.4. The van der Waals surface area contributed by atoms with Crippen LogP contribution in [0.2, 0.25) is 0 Å². The van der Waals surface area contributed by atoms with Crippen LogP contribution in [0.3, 0.4) is 0 Å². The van der Waals surface area contributed by atoms with E-state index in [2.05, 4.69) is 18.1 Å². The fourth-order valence-corrected chi connectivity index (χ4v) is 2.56. The molecule has 0 aromatic carbocycles. The van der Waals surface area contributed by atoms with Crippen LogP contribution in [0.15, 0.2) is 25.0 Å². The maximum atomic E-state index is 14.0. The molecule has 2 rings (SSSR count). The molecule has 1 aliphatic carbocycles. The lowest BCUT2D eigenvalue weighted by Crippen LogP contribution is -2.43. The highest BCUT2D eigenvalue weighted by atomic mass is 19.1. The van der Waals surface area contributed by atoms with Crippen molar-refractivity contribution in [2.75, 3.05) is 26.2 Å². The van der Waals surface area contributed by atoms with Crippen molar-refractivity contribution in [1.82, 2.24) is 4.90 Å². The van der Waals surface area contributed by atoms with Crippen LogP contribution in [0.5, 0.6) is 0 Å². The van der Waals surface area contributed by atoms with Crippen molar-refractivity contribution in [1.29, 1.82) is 0 Å². The number of allylic oxidation sites excluding steroid dienone is 2. The first kappa shape index (κ1) is 13.6. The predicted octanol–water partition coefficient (Wildman–Crippen LogP) is 3.31. The van der Waals surface area contributed by atoms with Crippen LogP contribution in [-0.2, 0) is 4.74 Å². The molecule has 0 radical (unpaired) electrons. The summed E-state index contributed by atoms with van der Waals surface area (Å²) in [7, 11) is 0. The molecule has 102 valence electrons. The highest BCUT2D eigenvalue weighted by Crippen LogP contribution is 2.47. The van der Waals surface area contributed by atoms with Crippen LogP contribution < -0.4 is 0 Å². The van der Waals surface area contributed by atoms with Gasteiger partial charge >= 0.3 is 0 Å². The molecule has 0 aromatic rings. The summed E-state index contributed by atoms with van der Waals surface area (Å²) in [6, 6.07) is 0. The fraction of sp³-hybridized carbons (Fsp3) is 0.733. The number of hydrogen-bond donors (Lipinski definition) is 0. The van der Waals surface area contributed by atoms with Gasteiger partial charge in [0.2, 0.25) is 0 Å². The molecule has 1 heterocycles. The third-order valence-electron chi connectivity index (χ3n) is 4.19. The van der Waals surface area contributed by atoms with Crippen LogP contribution in [0.4, 0.5) is 4.39 Å². The summed E-state index contributed by atoms with van der Waals surface area (Å²) in [4.78, 5) is 2.37. The van der Waals surface area contributed by atoms with Crippen LogP contribution >= 0.6 is 0 Å². The highest BCUT2D eigenvalue weighted by molar-refractivity contribution is 5.02. The number of hydrogen-bond acceptors (Lipinski definition) is 2. The monoisotopic (exact) mass is 253 g/mol. The summed E-state index contributed by atoms with van der Waals surface area (Å²) < 4.78 is 19.6. The Kier molecular flexibility index (Phi) is 3.81. The van der Waals surface area contributed by atoms with E-state index in [1.165, 1.54) is 18.9 Å². The molecule has 2 nitrogen and oxygen atoms in total. The van der Waals surface area contributed by atoms with Gasteiger partial charge in [0.15, 0.2) is 0 Å². The Morgan fingerprint density at radius 2 is 1.94 bits per heavy atom. The lowest BCUT2D eigenvalue weighted by Gasteiger charge is -2.36. The van der Waals surface area contributed by atoms with Crippen molar-refractivity contribution in [2.24, 2.45) is 5.41 Å². The van der Waals surface area contributed by atoms with Crippen LogP contribution in [0.25, 0.3) is 0 Å². The first-order chi connectivity index (χ1) is 8.47. The molecule has 0 bridgehead atoms. The molecule has 0 atom stereocenters. The van der Waals surface area contributed by atoms with Crippen molar-refractivity contribution in [2.45, 2.75) is 38.3 Å². The third kappa shape index (κ3) is 3.35. The Morgan fingerprint density at radius 3 is 2.39 bits per heavy atom. The molecule has 18 heavy (non-hydrogen) atoms. The van der Waals surface area contributed by atoms with Crippen molar-refractivity contribution >= 4 is 0 Å². The second-order valence-electron chi connectivity index (χ2n) is 6.01. The largest absolute Gasteiger partial charge is 0.498 e. The number of rotatable bonds is 6. The Labute approximate surface area is 109 Å². The maximum Gasteiger partial charge on any atom is 0.131 e. The highest BCUT2D eigenvalue weighted by Gasteiger charge is 2.45. The van der Waals surface area contributed by atoms with E-state index in [1.807, 2.05) is 6.92 Å².